The first-order valence-corrected chi connectivity index (χ1v) is 7.99. The van der Waals surface area contributed by atoms with Crippen LogP contribution in [-0.2, 0) is 4.74 Å². The number of carbonyl (C=O) groups excluding carboxylic acids is 1. The standard InChI is InChI=1S/C18H27NO3/c1-13-7-5-6-8-15(13)16(20)14-9-11-19(12-10-14)17(21)22-18(2,3)4/h5-8,14,16,20H,9-12H2,1-4H3/t16-/m0/s1. The molecular weight excluding hydrogens is 278 g/mol. The minimum absolute atomic E-state index is 0.194. The number of nitrogens with zero attached hydrogens (tertiary/aromatic N) is 1. The second-order valence-electron chi connectivity index (χ2n) is 7.11. The molecule has 0 radical (unpaired) electrons. The highest BCUT2D eigenvalue weighted by atomic mass is 16.6. The molecule has 1 aromatic carbocycles. The third-order valence-corrected chi connectivity index (χ3v) is 4.14. The van der Waals surface area contributed by atoms with Crippen LogP contribution in [-0.4, -0.2) is 34.8 Å². The number of amides is 1. The molecule has 4 heteroatoms. The van der Waals surface area contributed by atoms with Crippen molar-refractivity contribution in [3.05, 3.63) is 35.4 Å². The highest BCUT2D eigenvalue weighted by Crippen LogP contribution is 2.32. The molecule has 1 aliphatic heterocycles. The summed E-state index contributed by atoms with van der Waals surface area (Å²) in [5, 5.41) is 10.6. The first kappa shape index (κ1) is 16.8. The molecule has 22 heavy (non-hydrogen) atoms. The second kappa shape index (κ2) is 6.69. The molecule has 1 amide bonds. The third kappa shape index (κ3) is 4.23. The fourth-order valence-electron chi connectivity index (χ4n) is 2.90. The summed E-state index contributed by atoms with van der Waals surface area (Å²) in [6.07, 6.45) is 0.891. The summed E-state index contributed by atoms with van der Waals surface area (Å²) in [7, 11) is 0. The van der Waals surface area contributed by atoms with E-state index in [0.717, 1.165) is 24.0 Å². The first-order valence-electron chi connectivity index (χ1n) is 7.99. The van der Waals surface area contributed by atoms with Crippen LogP contribution in [0.25, 0.3) is 0 Å². The number of ether oxygens (including phenoxy) is 1. The average molecular weight is 305 g/mol. The fraction of sp³-hybridized carbons (Fsp3) is 0.611. The van der Waals surface area contributed by atoms with E-state index in [1.54, 1.807) is 4.90 Å². The van der Waals surface area contributed by atoms with Crippen LogP contribution in [0.3, 0.4) is 0 Å². The number of aliphatic hydroxyl groups is 1. The molecule has 0 unspecified atom stereocenters. The van der Waals surface area contributed by atoms with Crippen LogP contribution in [0.1, 0.15) is 50.8 Å². The summed E-state index contributed by atoms with van der Waals surface area (Å²) in [6.45, 7) is 8.93. The number of rotatable bonds is 2. The van der Waals surface area contributed by atoms with Crippen molar-refractivity contribution in [3.63, 3.8) is 0 Å². The van der Waals surface area contributed by atoms with E-state index in [1.165, 1.54) is 0 Å². The summed E-state index contributed by atoms with van der Waals surface area (Å²) in [5.41, 5.74) is 1.65. The molecule has 1 saturated heterocycles. The highest BCUT2D eigenvalue weighted by Gasteiger charge is 2.30. The van der Waals surface area contributed by atoms with Gasteiger partial charge in [0.05, 0.1) is 6.10 Å². The maximum absolute atomic E-state index is 12.1. The first-order chi connectivity index (χ1) is 10.3. The molecule has 2 rings (SSSR count). The Morgan fingerprint density at radius 2 is 1.86 bits per heavy atom. The van der Waals surface area contributed by atoms with Crippen LogP contribution in [0.2, 0.25) is 0 Å². The Bertz CT molecular complexity index is 513. The number of piperidine rings is 1. The van der Waals surface area contributed by atoms with Crippen molar-refractivity contribution >= 4 is 6.09 Å². The lowest BCUT2D eigenvalue weighted by Gasteiger charge is -2.35. The summed E-state index contributed by atoms with van der Waals surface area (Å²) < 4.78 is 5.40. The predicted molar refractivity (Wildman–Crippen MR) is 86.7 cm³/mol. The van der Waals surface area contributed by atoms with Gasteiger partial charge in [0, 0.05) is 13.1 Å². The number of aryl methyl sites for hydroxylation is 1. The Balaban J connectivity index is 1.92. The molecule has 1 N–H and O–H groups in total. The number of hydrogen-bond donors (Lipinski definition) is 1. The van der Waals surface area contributed by atoms with Gasteiger partial charge in [-0.3, -0.25) is 0 Å². The smallest absolute Gasteiger partial charge is 0.410 e. The number of hydrogen-bond acceptors (Lipinski definition) is 3. The zero-order valence-corrected chi connectivity index (χ0v) is 14.0. The summed E-state index contributed by atoms with van der Waals surface area (Å²) in [5.74, 6) is 0.194. The van der Waals surface area contributed by atoms with Crippen molar-refractivity contribution in [2.75, 3.05) is 13.1 Å². The van der Waals surface area contributed by atoms with Gasteiger partial charge in [-0.05, 0) is 57.6 Å². The van der Waals surface area contributed by atoms with E-state index in [4.69, 9.17) is 4.74 Å². The van der Waals surface area contributed by atoms with Crippen LogP contribution in [0, 0.1) is 12.8 Å². The van der Waals surface area contributed by atoms with Gasteiger partial charge in [-0.2, -0.15) is 0 Å². The van der Waals surface area contributed by atoms with Gasteiger partial charge >= 0.3 is 6.09 Å². The highest BCUT2D eigenvalue weighted by molar-refractivity contribution is 5.68. The molecule has 1 fully saturated rings. The lowest BCUT2D eigenvalue weighted by molar-refractivity contribution is 0.00759. The molecule has 0 spiro atoms. The van der Waals surface area contributed by atoms with Crippen molar-refractivity contribution in [2.24, 2.45) is 5.92 Å². The molecule has 0 bridgehead atoms. The zero-order chi connectivity index (χ0) is 16.3. The van der Waals surface area contributed by atoms with Crippen molar-refractivity contribution in [2.45, 2.75) is 52.2 Å². The zero-order valence-electron chi connectivity index (χ0n) is 14.0. The molecule has 0 saturated carbocycles. The van der Waals surface area contributed by atoms with Gasteiger partial charge in [-0.15, -0.1) is 0 Å². The molecule has 0 aromatic heterocycles. The van der Waals surface area contributed by atoms with E-state index in [-0.39, 0.29) is 12.0 Å². The molecule has 1 heterocycles. The Hall–Kier alpha value is -1.55. The number of benzene rings is 1. The number of likely N-dealkylation sites (tertiary alicyclic amines) is 1. The van der Waals surface area contributed by atoms with E-state index >= 15 is 0 Å². The number of aliphatic hydroxyl groups excluding tert-OH is 1. The molecular formula is C18H27NO3. The maximum atomic E-state index is 12.1. The van der Waals surface area contributed by atoms with Gasteiger partial charge in [0.25, 0.3) is 0 Å². The van der Waals surface area contributed by atoms with Crippen molar-refractivity contribution in [1.82, 2.24) is 4.90 Å². The summed E-state index contributed by atoms with van der Waals surface area (Å²) in [4.78, 5) is 13.8. The van der Waals surface area contributed by atoms with Gasteiger partial charge in [-0.1, -0.05) is 24.3 Å². The molecule has 4 nitrogen and oxygen atoms in total. The van der Waals surface area contributed by atoms with E-state index < -0.39 is 11.7 Å². The van der Waals surface area contributed by atoms with Gasteiger partial charge in [-0.25, -0.2) is 4.79 Å². The Morgan fingerprint density at radius 3 is 2.41 bits per heavy atom. The third-order valence-electron chi connectivity index (χ3n) is 4.14. The fourth-order valence-corrected chi connectivity index (χ4v) is 2.90. The second-order valence-corrected chi connectivity index (χ2v) is 7.11. The number of carbonyl (C=O) groups is 1. The minimum atomic E-state index is -0.464. The van der Waals surface area contributed by atoms with E-state index in [9.17, 15) is 9.90 Å². The van der Waals surface area contributed by atoms with Crippen LogP contribution >= 0.6 is 0 Å². The monoisotopic (exact) mass is 305 g/mol. The van der Waals surface area contributed by atoms with E-state index in [2.05, 4.69) is 0 Å². The van der Waals surface area contributed by atoms with Crippen LogP contribution in [0.5, 0.6) is 0 Å². The van der Waals surface area contributed by atoms with Crippen molar-refractivity contribution in [3.8, 4) is 0 Å². The van der Waals surface area contributed by atoms with Gasteiger partial charge in [0.15, 0.2) is 0 Å². The predicted octanol–water partition coefficient (Wildman–Crippen LogP) is 3.68. The Kier molecular flexibility index (Phi) is 5.12. The molecule has 1 atom stereocenters. The van der Waals surface area contributed by atoms with Crippen LogP contribution < -0.4 is 0 Å². The Morgan fingerprint density at radius 1 is 1.27 bits per heavy atom. The molecule has 1 aromatic rings. The SMILES string of the molecule is Cc1ccccc1[C@@H](O)C1CCN(C(=O)OC(C)(C)C)CC1. The summed E-state index contributed by atoms with van der Waals surface area (Å²) >= 11 is 0. The minimum Gasteiger partial charge on any atom is -0.444 e. The molecule has 1 aliphatic rings. The quantitative estimate of drug-likeness (QED) is 0.907. The lowest BCUT2D eigenvalue weighted by Crippen LogP contribution is -2.42. The molecule has 122 valence electrons. The topological polar surface area (TPSA) is 49.8 Å². The van der Waals surface area contributed by atoms with Gasteiger partial charge < -0.3 is 14.7 Å². The average Bonchev–Trinajstić information content (AvgIpc) is 2.45. The van der Waals surface area contributed by atoms with Gasteiger partial charge in [0.1, 0.15) is 5.60 Å². The Labute approximate surface area is 133 Å². The van der Waals surface area contributed by atoms with Crippen molar-refractivity contribution in [1.29, 1.82) is 0 Å². The van der Waals surface area contributed by atoms with Crippen molar-refractivity contribution < 1.29 is 14.6 Å². The van der Waals surface area contributed by atoms with Crippen LogP contribution in [0.4, 0.5) is 4.79 Å². The normalized spacial score (nSPS) is 18.1. The molecule has 0 aliphatic carbocycles. The lowest BCUT2D eigenvalue weighted by atomic mass is 9.86. The maximum Gasteiger partial charge on any atom is 0.410 e. The summed E-state index contributed by atoms with van der Waals surface area (Å²) in [6, 6.07) is 7.95. The van der Waals surface area contributed by atoms with E-state index in [0.29, 0.717) is 13.1 Å². The van der Waals surface area contributed by atoms with Gasteiger partial charge in [0.2, 0.25) is 0 Å². The van der Waals surface area contributed by atoms with E-state index in [1.807, 2.05) is 52.0 Å². The largest absolute Gasteiger partial charge is 0.444 e. The van der Waals surface area contributed by atoms with Crippen LogP contribution in [0.15, 0.2) is 24.3 Å².